The fourth-order valence-corrected chi connectivity index (χ4v) is 3.27. The van der Waals surface area contributed by atoms with E-state index in [0.717, 1.165) is 11.1 Å². The number of benzene rings is 2. The molecule has 6 heteroatoms. The molecular weight excluding hydrogens is 321 g/mol. The van der Waals surface area contributed by atoms with Gasteiger partial charge >= 0.3 is 0 Å². The molecule has 1 aliphatic heterocycles. The zero-order chi connectivity index (χ0) is 17.4. The highest BCUT2D eigenvalue weighted by molar-refractivity contribution is 6.04. The summed E-state index contributed by atoms with van der Waals surface area (Å²) in [6.07, 6.45) is 2.77. The van der Waals surface area contributed by atoms with E-state index in [9.17, 15) is 14.3 Å². The molecule has 1 amide bonds. The minimum Gasteiger partial charge on any atom is -0.388 e. The van der Waals surface area contributed by atoms with Crippen LogP contribution in [0.4, 0.5) is 4.39 Å². The molecule has 0 radical (unpaired) electrons. The van der Waals surface area contributed by atoms with Crippen LogP contribution in [0, 0.1) is 5.82 Å². The third-order valence-electron chi connectivity index (χ3n) is 4.50. The maximum Gasteiger partial charge on any atom is 0.256 e. The predicted molar refractivity (Wildman–Crippen MR) is 90.3 cm³/mol. The van der Waals surface area contributed by atoms with Gasteiger partial charge in [0.25, 0.3) is 5.91 Å². The van der Waals surface area contributed by atoms with E-state index in [2.05, 4.69) is 9.97 Å². The first-order valence-corrected chi connectivity index (χ1v) is 8.09. The first-order valence-electron chi connectivity index (χ1n) is 8.09. The Morgan fingerprint density at radius 3 is 2.88 bits per heavy atom. The molecule has 25 heavy (non-hydrogen) atoms. The molecule has 1 atom stereocenters. The van der Waals surface area contributed by atoms with Crippen molar-refractivity contribution in [2.45, 2.75) is 19.1 Å². The SMILES string of the molecule is O=C(c1cc(F)cc2nccnc12)N1CCC(O)c2ccccc2C1. The minimum atomic E-state index is -0.613. The van der Waals surface area contributed by atoms with Crippen LogP contribution in [0.15, 0.2) is 48.8 Å². The Morgan fingerprint density at radius 1 is 1.20 bits per heavy atom. The summed E-state index contributed by atoms with van der Waals surface area (Å²) in [5, 5.41) is 10.3. The molecule has 1 aliphatic rings. The van der Waals surface area contributed by atoms with Gasteiger partial charge in [0.1, 0.15) is 11.3 Å². The van der Waals surface area contributed by atoms with Crippen molar-refractivity contribution in [3.63, 3.8) is 0 Å². The quantitative estimate of drug-likeness (QED) is 0.741. The zero-order valence-electron chi connectivity index (χ0n) is 13.4. The number of carbonyl (C=O) groups excluding carboxylic acids is 1. The Balaban J connectivity index is 1.75. The van der Waals surface area contributed by atoms with Gasteiger partial charge in [-0.15, -0.1) is 0 Å². The van der Waals surface area contributed by atoms with E-state index in [0.29, 0.717) is 30.5 Å². The summed E-state index contributed by atoms with van der Waals surface area (Å²) in [4.78, 5) is 22.9. The van der Waals surface area contributed by atoms with Gasteiger partial charge in [-0.05, 0) is 23.6 Å². The van der Waals surface area contributed by atoms with Crippen molar-refractivity contribution >= 4 is 16.9 Å². The van der Waals surface area contributed by atoms with Crippen molar-refractivity contribution in [2.24, 2.45) is 0 Å². The molecule has 126 valence electrons. The van der Waals surface area contributed by atoms with Gasteiger partial charge in [0.2, 0.25) is 0 Å². The number of halogens is 1. The summed E-state index contributed by atoms with van der Waals surface area (Å²) in [6.45, 7) is 0.747. The molecule has 1 unspecified atom stereocenters. The number of rotatable bonds is 1. The van der Waals surface area contributed by atoms with Gasteiger partial charge in [-0.2, -0.15) is 0 Å². The van der Waals surface area contributed by atoms with E-state index in [4.69, 9.17) is 0 Å². The second-order valence-electron chi connectivity index (χ2n) is 6.11. The number of aliphatic hydroxyl groups is 1. The highest BCUT2D eigenvalue weighted by Crippen LogP contribution is 2.28. The number of hydrogen-bond donors (Lipinski definition) is 1. The lowest BCUT2D eigenvalue weighted by Crippen LogP contribution is -2.31. The number of fused-ring (bicyclic) bond motifs is 2. The topological polar surface area (TPSA) is 66.3 Å². The van der Waals surface area contributed by atoms with Crippen LogP contribution in [0.25, 0.3) is 11.0 Å². The molecule has 3 aromatic rings. The number of aliphatic hydroxyl groups excluding tert-OH is 1. The van der Waals surface area contributed by atoms with Crippen LogP contribution in [-0.2, 0) is 6.54 Å². The molecule has 0 bridgehead atoms. The number of carbonyl (C=O) groups is 1. The molecule has 1 aromatic heterocycles. The molecule has 2 heterocycles. The van der Waals surface area contributed by atoms with E-state index in [1.54, 1.807) is 4.90 Å². The fraction of sp³-hybridized carbons (Fsp3) is 0.211. The van der Waals surface area contributed by atoms with Crippen molar-refractivity contribution in [1.29, 1.82) is 0 Å². The Morgan fingerprint density at radius 2 is 2.00 bits per heavy atom. The summed E-state index contributed by atoms with van der Waals surface area (Å²) in [5.74, 6) is -0.833. The van der Waals surface area contributed by atoms with Crippen LogP contribution < -0.4 is 0 Å². The van der Waals surface area contributed by atoms with Gasteiger partial charge in [0.05, 0.1) is 17.2 Å². The average Bonchev–Trinajstić information content (AvgIpc) is 2.80. The van der Waals surface area contributed by atoms with Gasteiger partial charge in [-0.1, -0.05) is 24.3 Å². The Bertz CT molecular complexity index is 960. The van der Waals surface area contributed by atoms with Crippen molar-refractivity contribution in [3.8, 4) is 0 Å². The van der Waals surface area contributed by atoms with Crippen molar-refractivity contribution in [3.05, 3.63) is 71.3 Å². The molecule has 0 spiro atoms. The first kappa shape index (κ1) is 15.7. The largest absolute Gasteiger partial charge is 0.388 e. The van der Waals surface area contributed by atoms with Crippen molar-refractivity contribution in [1.82, 2.24) is 14.9 Å². The lowest BCUT2D eigenvalue weighted by molar-refractivity contribution is 0.0724. The maximum atomic E-state index is 13.9. The maximum absolute atomic E-state index is 13.9. The fourth-order valence-electron chi connectivity index (χ4n) is 3.27. The van der Waals surface area contributed by atoms with Crippen molar-refractivity contribution in [2.75, 3.05) is 6.54 Å². The molecular formula is C19H16FN3O2. The smallest absolute Gasteiger partial charge is 0.256 e. The highest BCUT2D eigenvalue weighted by Gasteiger charge is 2.26. The number of aromatic nitrogens is 2. The predicted octanol–water partition coefficient (Wildman–Crippen LogP) is 2.85. The lowest BCUT2D eigenvalue weighted by Gasteiger charge is -2.21. The molecule has 0 saturated heterocycles. The summed E-state index contributed by atoms with van der Waals surface area (Å²) in [6, 6.07) is 9.98. The Hall–Kier alpha value is -2.86. The van der Waals surface area contributed by atoms with E-state index >= 15 is 0 Å². The molecule has 0 fully saturated rings. The summed E-state index contributed by atoms with van der Waals surface area (Å²) in [5.41, 5.74) is 2.65. The van der Waals surface area contributed by atoms with Crippen molar-refractivity contribution < 1.29 is 14.3 Å². The number of amides is 1. The van der Waals surface area contributed by atoms with Gasteiger partial charge in [0, 0.05) is 31.5 Å². The van der Waals surface area contributed by atoms with Crippen LogP contribution >= 0.6 is 0 Å². The van der Waals surface area contributed by atoms with Crippen LogP contribution in [0.2, 0.25) is 0 Å². The lowest BCUT2D eigenvalue weighted by atomic mass is 10.0. The molecule has 5 nitrogen and oxygen atoms in total. The summed E-state index contributed by atoms with van der Waals surface area (Å²) >= 11 is 0. The Labute approximate surface area is 143 Å². The molecule has 0 saturated carbocycles. The summed E-state index contributed by atoms with van der Waals surface area (Å²) in [7, 11) is 0. The average molecular weight is 337 g/mol. The molecule has 1 N–H and O–H groups in total. The van der Waals surface area contributed by atoms with Crippen LogP contribution in [-0.4, -0.2) is 32.4 Å². The molecule has 4 rings (SSSR count). The van der Waals surface area contributed by atoms with Gasteiger partial charge in [0.15, 0.2) is 0 Å². The van der Waals surface area contributed by atoms with Gasteiger partial charge in [-0.3, -0.25) is 14.8 Å². The van der Waals surface area contributed by atoms with Crippen LogP contribution in [0.5, 0.6) is 0 Å². The van der Waals surface area contributed by atoms with Crippen LogP contribution in [0.1, 0.15) is 34.0 Å². The highest BCUT2D eigenvalue weighted by atomic mass is 19.1. The normalized spacial score (nSPS) is 17.2. The Kier molecular flexibility index (Phi) is 3.89. The third-order valence-corrected chi connectivity index (χ3v) is 4.50. The number of nitrogens with zero attached hydrogens (tertiary/aromatic N) is 3. The second-order valence-corrected chi connectivity index (χ2v) is 6.11. The first-order chi connectivity index (χ1) is 12.1. The van der Waals surface area contributed by atoms with Crippen LogP contribution in [0.3, 0.4) is 0 Å². The van der Waals surface area contributed by atoms with Gasteiger partial charge < -0.3 is 10.0 Å². The second kappa shape index (κ2) is 6.22. The molecule has 0 aliphatic carbocycles. The third kappa shape index (κ3) is 2.85. The van der Waals surface area contributed by atoms with E-state index in [-0.39, 0.29) is 11.5 Å². The van der Waals surface area contributed by atoms with E-state index in [1.807, 2.05) is 24.3 Å². The number of hydrogen-bond acceptors (Lipinski definition) is 4. The monoisotopic (exact) mass is 337 g/mol. The minimum absolute atomic E-state index is 0.192. The van der Waals surface area contributed by atoms with Gasteiger partial charge in [-0.25, -0.2) is 4.39 Å². The van der Waals surface area contributed by atoms with E-state index in [1.165, 1.54) is 24.5 Å². The molecule has 2 aromatic carbocycles. The zero-order valence-corrected chi connectivity index (χ0v) is 13.4. The summed E-state index contributed by atoms with van der Waals surface area (Å²) < 4.78 is 13.9. The van der Waals surface area contributed by atoms with E-state index < -0.39 is 11.9 Å². The standard InChI is InChI=1S/C19H16FN3O2/c20-13-9-15(18-16(10-13)21-6-7-22-18)19(25)23-8-5-17(24)14-4-2-1-3-12(14)11-23/h1-4,6-7,9-10,17,24H,5,8,11H2.